The van der Waals surface area contributed by atoms with Crippen LogP contribution < -0.4 is 10.6 Å². The van der Waals surface area contributed by atoms with Crippen LogP contribution in [0, 0.1) is 0 Å². The van der Waals surface area contributed by atoms with Gasteiger partial charge >= 0.3 is 5.97 Å². The molecule has 0 aromatic rings. The zero-order valence-electron chi connectivity index (χ0n) is 8.12. The van der Waals surface area contributed by atoms with E-state index in [0.29, 0.717) is 6.54 Å². The topological polar surface area (TPSA) is 98.7 Å². The van der Waals surface area contributed by atoms with Crippen LogP contribution in [-0.2, 0) is 9.59 Å². The maximum Gasteiger partial charge on any atom is 0.305 e. The van der Waals surface area contributed by atoms with Gasteiger partial charge in [0.1, 0.15) is 0 Å². The molecule has 82 valence electrons. The maximum atomic E-state index is 11.3. The molecule has 4 N–H and O–H groups in total. The number of carboxylic acids is 1. The van der Waals surface area contributed by atoms with Gasteiger partial charge in [-0.1, -0.05) is 6.92 Å². The summed E-state index contributed by atoms with van der Waals surface area (Å²) in [7, 11) is 0. The summed E-state index contributed by atoms with van der Waals surface area (Å²) < 4.78 is 0. The molecule has 0 rings (SSSR count). The fourth-order valence-electron chi connectivity index (χ4n) is 0.914. The van der Waals surface area contributed by atoms with Crippen molar-refractivity contribution in [1.82, 2.24) is 10.6 Å². The quantitative estimate of drug-likeness (QED) is 0.394. The second kappa shape index (κ2) is 7.28. The third-order valence-electron chi connectivity index (χ3n) is 1.58. The molecule has 1 atom stereocenters. The predicted molar refractivity (Wildman–Crippen MR) is 49.6 cm³/mol. The van der Waals surface area contributed by atoms with Crippen LogP contribution in [-0.4, -0.2) is 41.4 Å². The van der Waals surface area contributed by atoms with Gasteiger partial charge in [-0.2, -0.15) is 0 Å². The summed E-state index contributed by atoms with van der Waals surface area (Å²) in [4.78, 5) is 21.6. The van der Waals surface area contributed by atoms with Crippen LogP contribution in [0.5, 0.6) is 0 Å². The van der Waals surface area contributed by atoms with Gasteiger partial charge in [-0.3, -0.25) is 14.9 Å². The Kier molecular flexibility index (Phi) is 6.69. The van der Waals surface area contributed by atoms with Crippen molar-refractivity contribution in [3.63, 3.8) is 0 Å². The molecular weight excluding hydrogens is 188 g/mol. The lowest BCUT2D eigenvalue weighted by Gasteiger charge is -2.14. The molecular formula is C8H16N2O4. The minimum atomic E-state index is -1.08. The number of amides is 1. The first kappa shape index (κ1) is 12.9. The fourth-order valence-corrected chi connectivity index (χ4v) is 0.914. The zero-order valence-corrected chi connectivity index (χ0v) is 8.12. The molecule has 0 spiro atoms. The van der Waals surface area contributed by atoms with Crippen LogP contribution in [0.1, 0.15) is 19.8 Å². The monoisotopic (exact) mass is 204 g/mol. The molecule has 0 fully saturated rings. The van der Waals surface area contributed by atoms with Crippen LogP contribution in [0.25, 0.3) is 0 Å². The third kappa shape index (κ3) is 5.50. The number of aliphatic carboxylic acids is 1. The van der Waals surface area contributed by atoms with Crippen molar-refractivity contribution in [2.24, 2.45) is 0 Å². The van der Waals surface area contributed by atoms with Crippen molar-refractivity contribution in [1.29, 1.82) is 0 Å². The normalized spacial score (nSPS) is 12.1. The Morgan fingerprint density at radius 2 is 2.07 bits per heavy atom. The molecule has 6 heteroatoms. The van der Waals surface area contributed by atoms with E-state index in [1.165, 1.54) is 0 Å². The minimum absolute atomic E-state index is 0.337. The molecule has 0 saturated heterocycles. The highest BCUT2D eigenvalue weighted by atomic mass is 16.4. The molecule has 0 bridgehead atoms. The number of rotatable bonds is 7. The molecule has 0 unspecified atom stereocenters. The summed E-state index contributed by atoms with van der Waals surface area (Å²) >= 11 is 0. The van der Waals surface area contributed by atoms with Gasteiger partial charge in [0.15, 0.2) is 0 Å². The molecule has 0 aromatic carbocycles. The Balaban J connectivity index is 4.03. The van der Waals surface area contributed by atoms with E-state index in [0.717, 1.165) is 6.42 Å². The van der Waals surface area contributed by atoms with Gasteiger partial charge in [0, 0.05) is 6.54 Å². The highest BCUT2D eigenvalue weighted by Crippen LogP contribution is 1.92. The van der Waals surface area contributed by atoms with Crippen molar-refractivity contribution < 1.29 is 19.8 Å². The van der Waals surface area contributed by atoms with E-state index < -0.39 is 24.6 Å². The van der Waals surface area contributed by atoms with E-state index >= 15 is 0 Å². The first-order chi connectivity index (χ1) is 6.61. The summed E-state index contributed by atoms with van der Waals surface area (Å²) in [6, 6.07) is -0.871. The van der Waals surface area contributed by atoms with E-state index in [9.17, 15) is 9.59 Å². The van der Waals surface area contributed by atoms with Gasteiger partial charge in [-0.05, 0) is 6.42 Å². The predicted octanol–water partition coefficient (Wildman–Crippen LogP) is -1.10. The van der Waals surface area contributed by atoms with Gasteiger partial charge in [-0.25, -0.2) is 0 Å². The summed E-state index contributed by atoms with van der Waals surface area (Å²) in [5, 5.41) is 22.0. The Hall–Kier alpha value is -1.14. The summed E-state index contributed by atoms with van der Waals surface area (Å²) in [5.41, 5.74) is 0. The van der Waals surface area contributed by atoms with Crippen molar-refractivity contribution in [3.05, 3.63) is 0 Å². The van der Waals surface area contributed by atoms with Crippen LogP contribution in [0.15, 0.2) is 0 Å². The Labute approximate surface area is 82.3 Å². The Morgan fingerprint density at radius 3 is 2.50 bits per heavy atom. The SMILES string of the molecule is CCCNC(=O)[C@H](CC(=O)O)NCO. The van der Waals surface area contributed by atoms with Gasteiger partial charge in [-0.15, -0.1) is 0 Å². The van der Waals surface area contributed by atoms with Gasteiger partial charge in [0.25, 0.3) is 0 Å². The van der Waals surface area contributed by atoms with Crippen molar-refractivity contribution >= 4 is 11.9 Å². The van der Waals surface area contributed by atoms with Crippen molar-refractivity contribution in [3.8, 4) is 0 Å². The van der Waals surface area contributed by atoms with E-state index in [1.54, 1.807) is 0 Å². The molecule has 0 aliphatic rings. The Bertz CT molecular complexity index is 196. The fraction of sp³-hybridized carbons (Fsp3) is 0.750. The number of aliphatic hydroxyl groups is 1. The highest BCUT2D eigenvalue weighted by Gasteiger charge is 2.19. The molecule has 6 nitrogen and oxygen atoms in total. The van der Waals surface area contributed by atoms with Gasteiger partial charge in [0.2, 0.25) is 5.91 Å². The molecule has 0 aromatic heterocycles. The average Bonchev–Trinajstić information content (AvgIpc) is 2.13. The highest BCUT2D eigenvalue weighted by molar-refractivity contribution is 5.86. The number of carbonyl (C=O) groups is 2. The third-order valence-corrected chi connectivity index (χ3v) is 1.58. The number of aliphatic hydroxyl groups excluding tert-OH is 1. The largest absolute Gasteiger partial charge is 0.481 e. The van der Waals surface area contributed by atoms with E-state index in [4.69, 9.17) is 10.2 Å². The summed E-state index contributed by atoms with van der Waals surface area (Å²) in [6.07, 6.45) is 0.445. The lowest BCUT2D eigenvalue weighted by Crippen LogP contribution is -2.45. The lowest BCUT2D eigenvalue weighted by atomic mass is 10.2. The standard InChI is InChI=1S/C8H16N2O4/c1-2-3-9-8(14)6(10-5-11)4-7(12)13/h6,10-11H,2-5H2,1H3,(H,9,14)(H,12,13)/t6-/m0/s1. The van der Waals surface area contributed by atoms with E-state index in [2.05, 4.69) is 10.6 Å². The maximum absolute atomic E-state index is 11.3. The van der Waals surface area contributed by atoms with Gasteiger partial charge < -0.3 is 15.5 Å². The van der Waals surface area contributed by atoms with E-state index in [1.807, 2.05) is 6.92 Å². The number of carbonyl (C=O) groups excluding carboxylic acids is 1. The Morgan fingerprint density at radius 1 is 1.43 bits per heavy atom. The molecule has 0 saturated carbocycles. The molecule has 1 amide bonds. The average molecular weight is 204 g/mol. The lowest BCUT2D eigenvalue weighted by molar-refractivity contribution is -0.140. The van der Waals surface area contributed by atoms with Crippen molar-refractivity contribution in [2.45, 2.75) is 25.8 Å². The van der Waals surface area contributed by atoms with Crippen molar-refractivity contribution in [2.75, 3.05) is 13.3 Å². The molecule has 0 aliphatic heterocycles. The van der Waals surface area contributed by atoms with E-state index in [-0.39, 0.29) is 6.42 Å². The molecule has 0 aliphatic carbocycles. The number of hydrogen-bond donors (Lipinski definition) is 4. The smallest absolute Gasteiger partial charge is 0.305 e. The van der Waals surface area contributed by atoms with Gasteiger partial charge in [0.05, 0.1) is 19.2 Å². The number of carboxylic acid groups (broad SMARTS) is 1. The summed E-state index contributed by atoms with van der Waals surface area (Å²) in [5.74, 6) is -1.48. The zero-order chi connectivity index (χ0) is 11.0. The minimum Gasteiger partial charge on any atom is -0.481 e. The number of nitrogens with one attached hydrogen (secondary N) is 2. The summed E-state index contributed by atoms with van der Waals surface area (Å²) in [6.45, 7) is 1.98. The van der Waals surface area contributed by atoms with Crippen LogP contribution in [0.4, 0.5) is 0 Å². The van der Waals surface area contributed by atoms with Crippen LogP contribution in [0.2, 0.25) is 0 Å². The second-order valence-corrected chi connectivity index (χ2v) is 2.80. The molecule has 0 heterocycles. The second-order valence-electron chi connectivity index (χ2n) is 2.80. The van der Waals surface area contributed by atoms with Crippen LogP contribution in [0.3, 0.4) is 0 Å². The first-order valence-electron chi connectivity index (χ1n) is 4.45. The first-order valence-corrected chi connectivity index (χ1v) is 4.45. The molecule has 14 heavy (non-hydrogen) atoms. The van der Waals surface area contributed by atoms with Crippen LogP contribution >= 0.6 is 0 Å². The molecule has 0 radical (unpaired) electrons. The number of hydrogen-bond acceptors (Lipinski definition) is 4.